The number of hydrogen-bond donors (Lipinski definition) is 1. The van der Waals surface area contributed by atoms with E-state index < -0.39 is 5.97 Å². The zero-order chi connectivity index (χ0) is 12.3. The standard InChI is InChI=1S/C14H18O3/c1-11-4-2-3-5-12(11)14(10-13(15)16)6-8-17-9-7-14/h2-5H,6-10H2,1H3,(H,15,16). The quantitative estimate of drug-likeness (QED) is 0.874. The minimum absolute atomic E-state index is 0.196. The van der Waals surface area contributed by atoms with E-state index in [1.165, 1.54) is 11.1 Å². The third-order valence-electron chi connectivity index (χ3n) is 3.66. The van der Waals surface area contributed by atoms with Gasteiger partial charge in [0.15, 0.2) is 0 Å². The average molecular weight is 234 g/mol. The van der Waals surface area contributed by atoms with Gasteiger partial charge < -0.3 is 9.84 Å². The highest BCUT2D eigenvalue weighted by molar-refractivity contribution is 5.69. The van der Waals surface area contributed by atoms with Gasteiger partial charge in [0.25, 0.3) is 0 Å². The van der Waals surface area contributed by atoms with E-state index in [0.29, 0.717) is 13.2 Å². The van der Waals surface area contributed by atoms with Crippen LogP contribution in [0.4, 0.5) is 0 Å². The summed E-state index contributed by atoms with van der Waals surface area (Å²) in [5.74, 6) is -0.727. The summed E-state index contributed by atoms with van der Waals surface area (Å²) in [4.78, 5) is 11.1. The summed E-state index contributed by atoms with van der Waals surface area (Å²) in [6.45, 7) is 3.36. The van der Waals surface area contributed by atoms with Crippen LogP contribution in [0.25, 0.3) is 0 Å². The van der Waals surface area contributed by atoms with E-state index in [0.717, 1.165) is 12.8 Å². The Kier molecular flexibility index (Phi) is 3.48. The lowest BCUT2D eigenvalue weighted by Crippen LogP contribution is -2.36. The number of aryl methyl sites for hydroxylation is 1. The summed E-state index contributed by atoms with van der Waals surface area (Å²) in [7, 11) is 0. The van der Waals surface area contributed by atoms with E-state index in [2.05, 4.69) is 6.07 Å². The summed E-state index contributed by atoms with van der Waals surface area (Å²) >= 11 is 0. The predicted octanol–water partition coefficient (Wildman–Crippen LogP) is 2.52. The number of ether oxygens (including phenoxy) is 1. The van der Waals surface area contributed by atoms with Crippen LogP contribution >= 0.6 is 0 Å². The second-order valence-electron chi connectivity index (χ2n) is 4.78. The Bertz CT molecular complexity index is 406. The minimum atomic E-state index is -0.727. The largest absolute Gasteiger partial charge is 0.481 e. The molecule has 3 nitrogen and oxygen atoms in total. The molecule has 92 valence electrons. The monoisotopic (exact) mass is 234 g/mol. The number of hydrogen-bond acceptors (Lipinski definition) is 2. The molecule has 1 aliphatic rings. The van der Waals surface area contributed by atoms with Gasteiger partial charge in [0.2, 0.25) is 0 Å². The van der Waals surface area contributed by atoms with Crippen LogP contribution in [0.15, 0.2) is 24.3 Å². The topological polar surface area (TPSA) is 46.5 Å². The predicted molar refractivity (Wildman–Crippen MR) is 65.2 cm³/mol. The molecule has 0 unspecified atom stereocenters. The Balaban J connectivity index is 2.39. The Morgan fingerprint density at radius 1 is 1.35 bits per heavy atom. The summed E-state index contributed by atoms with van der Waals surface area (Å²) in [5, 5.41) is 9.14. The number of carboxylic acid groups (broad SMARTS) is 1. The van der Waals surface area contributed by atoms with Crippen LogP contribution in [0.2, 0.25) is 0 Å². The molecule has 1 aromatic carbocycles. The molecule has 0 aromatic heterocycles. The van der Waals surface area contributed by atoms with E-state index in [4.69, 9.17) is 9.84 Å². The second-order valence-corrected chi connectivity index (χ2v) is 4.78. The highest BCUT2D eigenvalue weighted by Crippen LogP contribution is 2.39. The molecule has 1 aliphatic heterocycles. The van der Waals surface area contributed by atoms with Gasteiger partial charge in [-0.25, -0.2) is 0 Å². The number of aliphatic carboxylic acids is 1. The zero-order valence-corrected chi connectivity index (χ0v) is 10.1. The number of benzene rings is 1. The molecule has 0 aliphatic carbocycles. The van der Waals surface area contributed by atoms with Crippen molar-refractivity contribution in [2.24, 2.45) is 0 Å². The average Bonchev–Trinajstić information content (AvgIpc) is 2.29. The third-order valence-corrected chi connectivity index (χ3v) is 3.66. The Morgan fingerprint density at radius 3 is 2.59 bits per heavy atom. The highest BCUT2D eigenvalue weighted by atomic mass is 16.5. The summed E-state index contributed by atoms with van der Waals surface area (Å²) in [6, 6.07) is 8.09. The van der Waals surface area contributed by atoms with E-state index in [-0.39, 0.29) is 11.8 Å². The van der Waals surface area contributed by atoms with Crippen LogP contribution < -0.4 is 0 Å². The maximum absolute atomic E-state index is 11.1. The Morgan fingerprint density at radius 2 is 2.00 bits per heavy atom. The molecule has 2 rings (SSSR count). The molecule has 0 bridgehead atoms. The fourth-order valence-electron chi connectivity index (χ4n) is 2.76. The van der Waals surface area contributed by atoms with Crippen molar-refractivity contribution in [3.63, 3.8) is 0 Å². The molecule has 1 fully saturated rings. The SMILES string of the molecule is Cc1ccccc1C1(CC(=O)O)CCOCC1. The lowest BCUT2D eigenvalue weighted by atomic mass is 9.70. The molecule has 0 radical (unpaired) electrons. The molecule has 1 N–H and O–H groups in total. The van der Waals surface area contributed by atoms with E-state index in [9.17, 15) is 4.79 Å². The first-order valence-corrected chi connectivity index (χ1v) is 6.00. The molecule has 1 aromatic rings. The molecule has 0 amide bonds. The van der Waals surface area contributed by atoms with Crippen LogP contribution in [-0.4, -0.2) is 24.3 Å². The van der Waals surface area contributed by atoms with Gasteiger partial charge in [-0.05, 0) is 30.9 Å². The van der Waals surface area contributed by atoms with Gasteiger partial charge in [-0.3, -0.25) is 4.79 Å². The van der Waals surface area contributed by atoms with Crippen LogP contribution in [0, 0.1) is 6.92 Å². The summed E-state index contributed by atoms with van der Waals surface area (Å²) < 4.78 is 5.37. The first-order valence-electron chi connectivity index (χ1n) is 6.00. The number of carboxylic acids is 1. The van der Waals surface area contributed by atoms with E-state index >= 15 is 0 Å². The fourth-order valence-corrected chi connectivity index (χ4v) is 2.76. The molecule has 17 heavy (non-hydrogen) atoms. The second kappa shape index (κ2) is 4.88. The minimum Gasteiger partial charge on any atom is -0.481 e. The number of carbonyl (C=O) groups is 1. The molecule has 0 spiro atoms. The third kappa shape index (κ3) is 2.50. The van der Waals surface area contributed by atoms with Crippen molar-refractivity contribution in [1.82, 2.24) is 0 Å². The zero-order valence-electron chi connectivity index (χ0n) is 10.1. The maximum Gasteiger partial charge on any atom is 0.304 e. The first-order chi connectivity index (χ1) is 8.14. The molecule has 1 heterocycles. The van der Waals surface area contributed by atoms with Crippen molar-refractivity contribution in [2.75, 3.05) is 13.2 Å². The van der Waals surface area contributed by atoms with Crippen LogP contribution in [-0.2, 0) is 14.9 Å². The lowest BCUT2D eigenvalue weighted by molar-refractivity contribution is -0.139. The Labute approximate surface area is 101 Å². The highest BCUT2D eigenvalue weighted by Gasteiger charge is 2.37. The van der Waals surface area contributed by atoms with Gasteiger partial charge in [-0.2, -0.15) is 0 Å². The van der Waals surface area contributed by atoms with Crippen LogP contribution in [0.5, 0.6) is 0 Å². The van der Waals surface area contributed by atoms with Crippen molar-refractivity contribution >= 4 is 5.97 Å². The normalized spacial score (nSPS) is 18.9. The molecule has 3 heteroatoms. The van der Waals surface area contributed by atoms with Gasteiger partial charge >= 0.3 is 5.97 Å². The van der Waals surface area contributed by atoms with Crippen molar-refractivity contribution in [1.29, 1.82) is 0 Å². The first kappa shape index (κ1) is 12.1. The molecule has 0 saturated carbocycles. The van der Waals surface area contributed by atoms with Crippen LogP contribution in [0.1, 0.15) is 30.4 Å². The van der Waals surface area contributed by atoms with Crippen molar-refractivity contribution in [3.05, 3.63) is 35.4 Å². The van der Waals surface area contributed by atoms with Gasteiger partial charge in [0.05, 0.1) is 6.42 Å². The van der Waals surface area contributed by atoms with Crippen molar-refractivity contribution in [2.45, 2.75) is 31.6 Å². The molecular formula is C14H18O3. The Hall–Kier alpha value is -1.35. The maximum atomic E-state index is 11.1. The fraction of sp³-hybridized carbons (Fsp3) is 0.500. The van der Waals surface area contributed by atoms with Gasteiger partial charge in [0.1, 0.15) is 0 Å². The van der Waals surface area contributed by atoms with Crippen molar-refractivity contribution in [3.8, 4) is 0 Å². The van der Waals surface area contributed by atoms with Gasteiger partial charge in [-0.15, -0.1) is 0 Å². The molecular weight excluding hydrogens is 216 g/mol. The van der Waals surface area contributed by atoms with E-state index in [1.807, 2.05) is 25.1 Å². The molecule has 1 saturated heterocycles. The van der Waals surface area contributed by atoms with Crippen molar-refractivity contribution < 1.29 is 14.6 Å². The van der Waals surface area contributed by atoms with Gasteiger partial charge in [-0.1, -0.05) is 24.3 Å². The summed E-state index contributed by atoms with van der Waals surface area (Å²) in [6.07, 6.45) is 1.79. The summed E-state index contributed by atoms with van der Waals surface area (Å²) in [5.41, 5.74) is 2.11. The van der Waals surface area contributed by atoms with Gasteiger partial charge in [0, 0.05) is 18.6 Å². The van der Waals surface area contributed by atoms with Crippen LogP contribution in [0.3, 0.4) is 0 Å². The smallest absolute Gasteiger partial charge is 0.304 e. The lowest BCUT2D eigenvalue weighted by Gasteiger charge is -2.37. The van der Waals surface area contributed by atoms with E-state index in [1.54, 1.807) is 0 Å². The number of rotatable bonds is 3. The molecule has 0 atom stereocenters.